The molecule has 6 nitrogen and oxygen atoms in total. The maximum Gasteiger partial charge on any atom is 0.267 e. The third-order valence-electron chi connectivity index (χ3n) is 4.61. The molecule has 2 N–H and O–H groups in total. The van der Waals surface area contributed by atoms with E-state index in [0.717, 1.165) is 22.9 Å². The monoisotopic (exact) mass is 391 g/mol. The van der Waals surface area contributed by atoms with Crippen molar-refractivity contribution in [2.75, 3.05) is 13.7 Å². The molecular formula is C23H25N3O3. The van der Waals surface area contributed by atoms with Crippen LogP contribution in [0.4, 0.5) is 0 Å². The molecule has 1 heterocycles. The molecule has 0 atom stereocenters. The van der Waals surface area contributed by atoms with Crippen molar-refractivity contribution in [1.82, 2.24) is 15.2 Å². The van der Waals surface area contributed by atoms with Gasteiger partial charge in [0.05, 0.1) is 7.11 Å². The molecule has 0 spiro atoms. The van der Waals surface area contributed by atoms with Gasteiger partial charge in [0.2, 0.25) is 0 Å². The molecule has 150 valence electrons. The van der Waals surface area contributed by atoms with Crippen molar-refractivity contribution in [2.24, 2.45) is 7.05 Å². The number of hydrogen-bond donors (Lipinski definition) is 2. The molecule has 0 radical (unpaired) electrons. The number of hydrogen-bond acceptors (Lipinski definition) is 3. The number of aryl methyl sites for hydroxylation is 1. The number of aromatic nitrogens is 1. The molecule has 0 saturated heterocycles. The van der Waals surface area contributed by atoms with Crippen LogP contribution in [-0.4, -0.2) is 30.0 Å². The summed E-state index contributed by atoms with van der Waals surface area (Å²) in [6.45, 7) is 2.51. The molecule has 0 fully saturated rings. The van der Waals surface area contributed by atoms with Crippen molar-refractivity contribution in [3.05, 3.63) is 71.6 Å². The SMILES string of the molecule is CCCNC(=O)C(=Cc1cn(C)c2ccccc12)NC(=O)c1ccc(OC)cc1. The molecule has 0 unspecified atom stereocenters. The first-order valence-electron chi connectivity index (χ1n) is 9.53. The van der Waals surface area contributed by atoms with Crippen LogP contribution in [0.25, 0.3) is 17.0 Å². The number of nitrogens with zero attached hydrogens (tertiary/aromatic N) is 1. The summed E-state index contributed by atoms with van der Waals surface area (Å²) in [5.41, 5.74) is 2.56. The Hall–Kier alpha value is -3.54. The minimum atomic E-state index is -0.356. The van der Waals surface area contributed by atoms with Crippen LogP contribution in [0.5, 0.6) is 5.75 Å². The first kappa shape index (κ1) is 20.2. The zero-order valence-electron chi connectivity index (χ0n) is 16.9. The van der Waals surface area contributed by atoms with Crippen molar-refractivity contribution in [3.8, 4) is 5.75 Å². The molecule has 6 heteroatoms. The number of amides is 2. The lowest BCUT2D eigenvalue weighted by Gasteiger charge is -2.11. The van der Waals surface area contributed by atoms with Gasteiger partial charge in [-0.3, -0.25) is 9.59 Å². The summed E-state index contributed by atoms with van der Waals surface area (Å²) in [6.07, 6.45) is 4.46. The second-order valence-corrected chi connectivity index (χ2v) is 6.71. The number of carbonyl (C=O) groups excluding carboxylic acids is 2. The molecule has 0 aliphatic heterocycles. The van der Waals surface area contributed by atoms with Crippen molar-refractivity contribution >= 4 is 28.8 Å². The van der Waals surface area contributed by atoms with Gasteiger partial charge in [-0.25, -0.2) is 0 Å². The van der Waals surface area contributed by atoms with Gasteiger partial charge >= 0.3 is 0 Å². The highest BCUT2D eigenvalue weighted by atomic mass is 16.5. The van der Waals surface area contributed by atoms with E-state index in [-0.39, 0.29) is 17.5 Å². The van der Waals surface area contributed by atoms with Gasteiger partial charge in [0.25, 0.3) is 11.8 Å². The number of carbonyl (C=O) groups is 2. The first-order valence-corrected chi connectivity index (χ1v) is 9.53. The van der Waals surface area contributed by atoms with Gasteiger partial charge in [0.1, 0.15) is 11.4 Å². The quantitative estimate of drug-likeness (QED) is 0.606. The Kier molecular flexibility index (Phi) is 6.34. The van der Waals surface area contributed by atoms with E-state index in [4.69, 9.17) is 4.74 Å². The normalized spacial score (nSPS) is 11.3. The summed E-state index contributed by atoms with van der Waals surface area (Å²) >= 11 is 0. The number of fused-ring (bicyclic) bond motifs is 1. The number of para-hydroxylation sites is 1. The van der Waals surface area contributed by atoms with Gasteiger partial charge in [0, 0.05) is 41.8 Å². The van der Waals surface area contributed by atoms with Gasteiger partial charge in [0.15, 0.2) is 0 Å². The van der Waals surface area contributed by atoms with E-state index in [0.29, 0.717) is 17.9 Å². The number of ether oxygens (including phenoxy) is 1. The number of methoxy groups -OCH3 is 1. The summed E-state index contributed by atoms with van der Waals surface area (Å²) in [5.74, 6) is -0.0128. The van der Waals surface area contributed by atoms with Crippen molar-refractivity contribution < 1.29 is 14.3 Å². The lowest BCUT2D eigenvalue weighted by molar-refractivity contribution is -0.117. The first-order chi connectivity index (χ1) is 14.0. The largest absolute Gasteiger partial charge is 0.497 e. The fourth-order valence-corrected chi connectivity index (χ4v) is 3.07. The smallest absolute Gasteiger partial charge is 0.267 e. The van der Waals surface area contributed by atoms with E-state index >= 15 is 0 Å². The third kappa shape index (κ3) is 4.66. The average Bonchev–Trinajstić information content (AvgIpc) is 3.07. The Morgan fingerprint density at radius 3 is 2.52 bits per heavy atom. The number of rotatable bonds is 7. The summed E-state index contributed by atoms with van der Waals surface area (Å²) in [4.78, 5) is 25.4. The van der Waals surface area contributed by atoms with Crippen LogP contribution >= 0.6 is 0 Å². The maximum absolute atomic E-state index is 12.7. The molecule has 29 heavy (non-hydrogen) atoms. The van der Waals surface area contributed by atoms with Gasteiger partial charge in [-0.15, -0.1) is 0 Å². The third-order valence-corrected chi connectivity index (χ3v) is 4.61. The topological polar surface area (TPSA) is 72.4 Å². The second kappa shape index (κ2) is 9.10. The van der Waals surface area contributed by atoms with E-state index in [2.05, 4.69) is 10.6 Å². The van der Waals surface area contributed by atoms with E-state index in [9.17, 15) is 9.59 Å². The van der Waals surface area contributed by atoms with E-state index in [1.807, 2.05) is 49.0 Å². The summed E-state index contributed by atoms with van der Waals surface area (Å²) in [5, 5.41) is 6.60. The molecule has 1 aromatic heterocycles. The predicted molar refractivity (Wildman–Crippen MR) is 115 cm³/mol. The average molecular weight is 391 g/mol. The fourth-order valence-electron chi connectivity index (χ4n) is 3.07. The van der Waals surface area contributed by atoms with Crippen molar-refractivity contribution in [2.45, 2.75) is 13.3 Å². The molecule has 0 saturated carbocycles. The Bertz CT molecular complexity index is 1050. The standard InChI is InChI=1S/C23H25N3O3/c1-4-13-24-23(28)20(25-22(27)16-9-11-18(29-3)12-10-16)14-17-15-26(2)21-8-6-5-7-19(17)21/h5-12,14-15H,4,13H2,1-3H3,(H,24,28)(H,25,27). The zero-order valence-corrected chi connectivity index (χ0v) is 16.9. The zero-order chi connectivity index (χ0) is 20.8. The van der Waals surface area contributed by atoms with Gasteiger partial charge in [-0.2, -0.15) is 0 Å². The fraction of sp³-hybridized carbons (Fsp3) is 0.217. The Morgan fingerprint density at radius 2 is 1.83 bits per heavy atom. The maximum atomic E-state index is 12.7. The lowest BCUT2D eigenvalue weighted by atomic mass is 10.1. The molecule has 0 bridgehead atoms. The Balaban J connectivity index is 1.94. The number of nitrogens with one attached hydrogen (secondary N) is 2. The molecule has 2 amide bonds. The Labute approximate surface area is 170 Å². The van der Waals surface area contributed by atoms with E-state index in [1.165, 1.54) is 0 Å². The van der Waals surface area contributed by atoms with Gasteiger partial charge < -0.3 is 19.9 Å². The molecular weight excluding hydrogens is 366 g/mol. The predicted octanol–water partition coefficient (Wildman–Crippen LogP) is 3.48. The summed E-state index contributed by atoms with van der Waals surface area (Å²) < 4.78 is 7.12. The van der Waals surface area contributed by atoms with Crippen LogP contribution in [0.1, 0.15) is 29.3 Å². The van der Waals surface area contributed by atoms with E-state index < -0.39 is 0 Å². The highest BCUT2D eigenvalue weighted by Gasteiger charge is 2.16. The van der Waals surface area contributed by atoms with Crippen molar-refractivity contribution in [1.29, 1.82) is 0 Å². The summed E-state index contributed by atoms with van der Waals surface area (Å²) in [7, 11) is 3.52. The highest BCUT2D eigenvalue weighted by molar-refractivity contribution is 6.06. The number of benzene rings is 2. The second-order valence-electron chi connectivity index (χ2n) is 6.71. The van der Waals surface area contributed by atoms with Crippen LogP contribution < -0.4 is 15.4 Å². The lowest BCUT2D eigenvalue weighted by Crippen LogP contribution is -2.35. The molecule has 3 rings (SSSR count). The molecule has 2 aromatic carbocycles. The van der Waals surface area contributed by atoms with Gasteiger partial charge in [-0.1, -0.05) is 25.1 Å². The van der Waals surface area contributed by atoms with Crippen LogP contribution in [0, 0.1) is 0 Å². The molecule has 0 aliphatic rings. The van der Waals surface area contributed by atoms with Crippen LogP contribution in [0.2, 0.25) is 0 Å². The van der Waals surface area contributed by atoms with Crippen LogP contribution in [0.15, 0.2) is 60.4 Å². The van der Waals surface area contributed by atoms with Crippen LogP contribution in [-0.2, 0) is 11.8 Å². The van der Waals surface area contributed by atoms with E-state index in [1.54, 1.807) is 37.5 Å². The minimum Gasteiger partial charge on any atom is -0.497 e. The highest BCUT2D eigenvalue weighted by Crippen LogP contribution is 2.22. The van der Waals surface area contributed by atoms with Gasteiger partial charge in [-0.05, 0) is 42.8 Å². The van der Waals surface area contributed by atoms with Crippen LogP contribution in [0.3, 0.4) is 0 Å². The minimum absolute atomic E-state index is 0.204. The Morgan fingerprint density at radius 1 is 1.10 bits per heavy atom. The van der Waals surface area contributed by atoms with Crippen molar-refractivity contribution in [3.63, 3.8) is 0 Å². The molecule has 0 aliphatic carbocycles. The molecule has 3 aromatic rings. The summed E-state index contributed by atoms with van der Waals surface area (Å²) in [6, 6.07) is 14.7.